The topological polar surface area (TPSA) is 87.7 Å². The first-order valence-electron chi connectivity index (χ1n) is 7.02. The lowest BCUT2D eigenvalue weighted by atomic mass is 9.94. The molecule has 1 aliphatic rings. The van der Waals surface area contributed by atoms with Gasteiger partial charge >= 0.3 is 5.97 Å². The highest BCUT2D eigenvalue weighted by atomic mass is 16.5. The lowest BCUT2D eigenvalue weighted by Crippen LogP contribution is -2.30. The second-order valence-corrected chi connectivity index (χ2v) is 5.17. The number of aromatic carboxylic acids is 1. The lowest BCUT2D eigenvalue weighted by molar-refractivity contribution is -0.117. The first-order valence-corrected chi connectivity index (χ1v) is 7.02. The van der Waals surface area contributed by atoms with Gasteiger partial charge in [-0.1, -0.05) is 0 Å². The number of anilines is 1. The van der Waals surface area contributed by atoms with E-state index in [1.807, 2.05) is 0 Å². The quantitative estimate of drug-likeness (QED) is 0.769. The zero-order valence-electron chi connectivity index (χ0n) is 12.0. The number of carbonyl (C=O) groups is 2. The number of hydrogen-bond donors (Lipinski definition) is 3. The van der Waals surface area contributed by atoms with Crippen LogP contribution < -0.4 is 15.4 Å². The number of nitrogens with one attached hydrogen (secondary N) is 2. The number of rotatable bonds is 5. The van der Waals surface area contributed by atoms with Gasteiger partial charge in [0.15, 0.2) is 0 Å². The van der Waals surface area contributed by atoms with Crippen molar-refractivity contribution < 1.29 is 19.4 Å². The molecule has 0 aliphatic carbocycles. The normalized spacial score (nSPS) is 15.5. The van der Waals surface area contributed by atoms with Crippen LogP contribution >= 0.6 is 0 Å². The molecule has 0 spiro atoms. The Labute approximate surface area is 123 Å². The van der Waals surface area contributed by atoms with Crippen LogP contribution in [-0.4, -0.2) is 37.2 Å². The van der Waals surface area contributed by atoms with Crippen molar-refractivity contribution in [3.05, 3.63) is 23.8 Å². The largest absolute Gasteiger partial charge is 0.495 e. The van der Waals surface area contributed by atoms with Gasteiger partial charge in [-0.2, -0.15) is 0 Å². The fourth-order valence-electron chi connectivity index (χ4n) is 2.49. The number of carbonyl (C=O) groups excluding carboxylic acids is 1. The van der Waals surface area contributed by atoms with E-state index in [4.69, 9.17) is 9.84 Å². The minimum absolute atomic E-state index is 0.109. The van der Waals surface area contributed by atoms with Crippen LogP contribution in [-0.2, 0) is 4.79 Å². The Bertz CT molecular complexity index is 524. The average molecular weight is 292 g/mol. The Hall–Kier alpha value is -2.08. The number of piperidine rings is 1. The van der Waals surface area contributed by atoms with Crippen molar-refractivity contribution in [2.24, 2.45) is 5.92 Å². The van der Waals surface area contributed by atoms with E-state index in [9.17, 15) is 9.59 Å². The summed E-state index contributed by atoms with van der Waals surface area (Å²) in [5, 5.41) is 15.0. The molecule has 1 fully saturated rings. The SMILES string of the molecule is COc1ccc(C(=O)O)cc1NC(=O)CC1CCNCC1. The van der Waals surface area contributed by atoms with Crippen LogP contribution in [0.1, 0.15) is 29.6 Å². The van der Waals surface area contributed by atoms with Crippen LogP contribution in [0, 0.1) is 5.92 Å². The van der Waals surface area contributed by atoms with Gasteiger partial charge in [-0.15, -0.1) is 0 Å². The Morgan fingerprint density at radius 3 is 2.71 bits per heavy atom. The predicted octanol–water partition coefficient (Wildman–Crippen LogP) is 1.72. The first kappa shape index (κ1) is 15.3. The van der Waals surface area contributed by atoms with Gasteiger partial charge < -0.3 is 20.5 Å². The summed E-state index contributed by atoms with van der Waals surface area (Å²) >= 11 is 0. The minimum atomic E-state index is -1.04. The van der Waals surface area contributed by atoms with Crippen LogP contribution in [0.4, 0.5) is 5.69 Å². The summed E-state index contributed by atoms with van der Waals surface area (Å²) in [4.78, 5) is 23.1. The number of carboxylic acids is 1. The summed E-state index contributed by atoms with van der Waals surface area (Å²) in [5.41, 5.74) is 0.518. The number of ether oxygens (including phenoxy) is 1. The van der Waals surface area contributed by atoms with Gasteiger partial charge in [0, 0.05) is 6.42 Å². The molecule has 1 saturated heterocycles. The summed E-state index contributed by atoms with van der Waals surface area (Å²) in [6, 6.07) is 4.41. The Morgan fingerprint density at radius 2 is 2.10 bits per heavy atom. The van der Waals surface area contributed by atoms with E-state index in [2.05, 4.69) is 10.6 Å². The average Bonchev–Trinajstić information content (AvgIpc) is 2.48. The van der Waals surface area contributed by atoms with Crippen molar-refractivity contribution in [2.45, 2.75) is 19.3 Å². The predicted molar refractivity (Wildman–Crippen MR) is 78.8 cm³/mol. The molecule has 1 aromatic rings. The van der Waals surface area contributed by atoms with Crippen molar-refractivity contribution in [3.8, 4) is 5.75 Å². The molecule has 0 radical (unpaired) electrons. The Morgan fingerprint density at radius 1 is 1.38 bits per heavy atom. The fraction of sp³-hybridized carbons (Fsp3) is 0.467. The van der Waals surface area contributed by atoms with Gasteiger partial charge in [0.2, 0.25) is 5.91 Å². The molecule has 0 aromatic heterocycles. The molecular weight excluding hydrogens is 272 g/mol. The second kappa shape index (κ2) is 7.08. The van der Waals surface area contributed by atoms with E-state index < -0.39 is 5.97 Å². The van der Waals surface area contributed by atoms with Gasteiger partial charge in [0.05, 0.1) is 18.4 Å². The molecule has 6 nitrogen and oxygen atoms in total. The number of methoxy groups -OCH3 is 1. The van der Waals surface area contributed by atoms with E-state index in [0.29, 0.717) is 23.8 Å². The fourth-order valence-corrected chi connectivity index (χ4v) is 2.49. The van der Waals surface area contributed by atoms with Crippen LogP contribution in [0.2, 0.25) is 0 Å². The zero-order valence-corrected chi connectivity index (χ0v) is 12.0. The van der Waals surface area contributed by atoms with E-state index in [1.165, 1.54) is 19.2 Å². The van der Waals surface area contributed by atoms with Gasteiger partial charge in [0.25, 0.3) is 0 Å². The molecule has 6 heteroatoms. The molecular formula is C15H20N2O4. The summed E-state index contributed by atoms with van der Waals surface area (Å²) < 4.78 is 5.15. The number of benzene rings is 1. The van der Waals surface area contributed by atoms with E-state index in [-0.39, 0.29) is 11.5 Å². The lowest BCUT2D eigenvalue weighted by Gasteiger charge is -2.22. The molecule has 3 N–H and O–H groups in total. The molecule has 0 saturated carbocycles. The molecule has 0 bridgehead atoms. The van der Waals surface area contributed by atoms with Crippen LogP contribution in [0.25, 0.3) is 0 Å². The maximum Gasteiger partial charge on any atom is 0.335 e. The molecule has 2 rings (SSSR count). The molecule has 1 aromatic carbocycles. The molecule has 0 unspecified atom stereocenters. The van der Waals surface area contributed by atoms with Crippen molar-refractivity contribution >= 4 is 17.6 Å². The van der Waals surface area contributed by atoms with Crippen molar-refractivity contribution in [3.63, 3.8) is 0 Å². The van der Waals surface area contributed by atoms with E-state index >= 15 is 0 Å². The highest BCUT2D eigenvalue weighted by Gasteiger charge is 2.18. The third-order valence-electron chi connectivity index (χ3n) is 3.65. The molecule has 1 aliphatic heterocycles. The van der Waals surface area contributed by atoms with Gasteiger partial charge in [0.1, 0.15) is 5.75 Å². The van der Waals surface area contributed by atoms with Crippen molar-refractivity contribution in [1.82, 2.24) is 5.32 Å². The Kier molecular flexibility index (Phi) is 5.16. The molecule has 1 heterocycles. The molecule has 0 atom stereocenters. The first-order chi connectivity index (χ1) is 10.1. The molecule has 114 valence electrons. The number of hydrogen-bond acceptors (Lipinski definition) is 4. The van der Waals surface area contributed by atoms with Crippen molar-refractivity contribution in [2.75, 3.05) is 25.5 Å². The van der Waals surface area contributed by atoms with E-state index in [1.54, 1.807) is 6.07 Å². The van der Waals surface area contributed by atoms with Gasteiger partial charge in [-0.3, -0.25) is 4.79 Å². The number of carboxylic acid groups (broad SMARTS) is 1. The number of amides is 1. The van der Waals surface area contributed by atoms with Crippen LogP contribution in [0.5, 0.6) is 5.75 Å². The monoisotopic (exact) mass is 292 g/mol. The van der Waals surface area contributed by atoms with E-state index in [0.717, 1.165) is 25.9 Å². The summed E-state index contributed by atoms with van der Waals surface area (Å²) in [5.74, 6) is -0.312. The highest BCUT2D eigenvalue weighted by molar-refractivity contribution is 5.95. The maximum atomic E-state index is 12.1. The van der Waals surface area contributed by atoms with Crippen molar-refractivity contribution in [1.29, 1.82) is 0 Å². The van der Waals surface area contributed by atoms with Crippen LogP contribution in [0.15, 0.2) is 18.2 Å². The van der Waals surface area contributed by atoms with Crippen LogP contribution in [0.3, 0.4) is 0 Å². The maximum absolute atomic E-state index is 12.1. The zero-order chi connectivity index (χ0) is 15.2. The minimum Gasteiger partial charge on any atom is -0.495 e. The molecule has 21 heavy (non-hydrogen) atoms. The second-order valence-electron chi connectivity index (χ2n) is 5.17. The summed E-state index contributed by atoms with van der Waals surface area (Å²) in [7, 11) is 1.48. The smallest absolute Gasteiger partial charge is 0.335 e. The third-order valence-corrected chi connectivity index (χ3v) is 3.65. The summed E-state index contributed by atoms with van der Waals surface area (Å²) in [6.07, 6.45) is 2.42. The highest BCUT2D eigenvalue weighted by Crippen LogP contribution is 2.26. The standard InChI is InChI=1S/C15H20N2O4/c1-21-13-3-2-11(15(19)20)9-12(13)17-14(18)8-10-4-6-16-7-5-10/h2-3,9-10,16H,4-8H2,1H3,(H,17,18)(H,19,20). The Balaban J connectivity index is 2.04. The van der Waals surface area contributed by atoms with Gasteiger partial charge in [-0.05, 0) is 50.0 Å². The van der Waals surface area contributed by atoms with Gasteiger partial charge in [-0.25, -0.2) is 4.79 Å². The third kappa shape index (κ3) is 4.19. The summed E-state index contributed by atoms with van der Waals surface area (Å²) in [6.45, 7) is 1.88. The molecule has 1 amide bonds.